The van der Waals surface area contributed by atoms with Gasteiger partial charge in [-0.1, -0.05) is 13.8 Å². The van der Waals surface area contributed by atoms with Gasteiger partial charge in [-0.15, -0.1) is 0 Å². The van der Waals surface area contributed by atoms with E-state index < -0.39 is 5.97 Å². The molecule has 2 rings (SSSR count). The number of aromatic carboxylic acids is 1. The van der Waals surface area contributed by atoms with Crippen molar-refractivity contribution in [1.82, 2.24) is 4.57 Å². The number of carboxylic acids is 1. The minimum Gasteiger partial charge on any atom is -0.478 e. The molecule has 0 saturated carbocycles. The minimum absolute atomic E-state index is 0.305. The lowest BCUT2D eigenvalue weighted by Crippen LogP contribution is -2.01. The van der Waals surface area contributed by atoms with Crippen molar-refractivity contribution in [3.63, 3.8) is 0 Å². The molecule has 1 heterocycles. The molecular formula is C15H19NO2. The molecule has 0 radical (unpaired) electrons. The summed E-state index contributed by atoms with van der Waals surface area (Å²) in [6.07, 6.45) is 0. The third kappa shape index (κ3) is 1.70. The van der Waals surface area contributed by atoms with Gasteiger partial charge in [-0.05, 0) is 43.0 Å². The summed E-state index contributed by atoms with van der Waals surface area (Å²) in [6.45, 7) is 8.31. The Morgan fingerprint density at radius 2 is 1.89 bits per heavy atom. The molecule has 0 fully saturated rings. The number of carboxylic acid groups (broad SMARTS) is 1. The van der Waals surface area contributed by atoms with Crippen LogP contribution in [0.15, 0.2) is 12.1 Å². The number of carbonyl (C=O) groups is 1. The maximum absolute atomic E-state index is 11.2. The summed E-state index contributed by atoms with van der Waals surface area (Å²) in [5.41, 5.74) is 4.99. The molecule has 0 bridgehead atoms. The summed E-state index contributed by atoms with van der Waals surface area (Å²) in [5.74, 6) is -0.557. The van der Waals surface area contributed by atoms with E-state index in [-0.39, 0.29) is 0 Å². The first-order valence-electron chi connectivity index (χ1n) is 6.17. The second-order valence-electron chi connectivity index (χ2n) is 5.19. The average Bonchev–Trinajstić information content (AvgIpc) is 2.53. The van der Waals surface area contributed by atoms with Crippen LogP contribution >= 0.6 is 0 Å². The van der Waals surface area contributed by atoms with Gasteiger partial charge >= 0.3 is 5.97 Å². The lowest BCUT2D eigenvalue weighted by Gasteiger charge is -2.11. The van der Waals surface area contributed by atoms with Crippen molar-refractivity contribution >= 4 is 16.9 Å². The Balaban J connectivity index is 2.95. The average molecular weight is 245 g/mol. The molecule has 0 saturated heterocycles. The van der Waals surface area contributed by atoms with Gasteiger partial charge in [0, 0.05) is 18.1 Å². The van der Waals surface area contributed by atoms with E-state index in [0.29, 0.717) is 11.5 Å². The number of fused-ring (bicyclic) bond motifs is 1. The predicted octanol–water partition coefficient (Wildman–Crippen LogP) is 3.62. The summed E-state index contributed by atoms with van der Waals surface area (Å²) in [4.78, 5) is 11.2. The zero-order chi connectivity index (χ0) is 13.6. The van der Waals surface area contributed by atoms with Gasteiger partial charge in [0.15, 0.2) is 0 Å². The topological polar surface area (TPSA) is 42.2 Å². The summed E-state index contributed by atoms with van der Waals surface area (Å²) < 4.78 is 2.16. The van der Waals surface area contributed by atoms with E-state index in [9.17, 15) is 9.90 Å². The van der Waals surface area contributed by atoms with Crippen molar-refractivity contribution in [2.24, 2.45) is 7.05 Å². The second kappa shape index (κ2) is 4.16. The molecule has 1 aromatic carbocycles. The van der Waals surface area contributed by atoms with Gasteiger partial charge in [0.2, 0.25) is 0 Å². The standard InChI is InChI=1S/C15H19NO2/c1-8(2)12-6-11(15(17)18)7-13-9(3)10(4)16(5)14(12)13/h6-8H,1-5H3,(H,17,18). The van der Waals surface area contributed by atoms with Crippen LogP contribution in [0.1, 0.15) is 46.9 Å². The quantitative estimate of drug-likeness (QED) is 0.878. The number of hydrogen-bond donors (Lipinski definition) is 1. The highest BCUT2D eigenvalue weighted by Gasteiger charge is 2.17. The van der Waals surface area contributed by atoms with Gasteiger partial charge in [0.1, 0.15) is 0 Å². The number of aromatic nitrogens is 1. The Labute approximate surface area is 107 Å². The highest BCUT2D eigenvalue weighted by Crippen LogP contribution is 2.32. The number of rotatable bonds is 2. The van der Waals surface area contributed by atoms with E-state index in [4.69, 9.17) is 0 Å². The van der Waals surface area contributed by atoms with E-state index in [2.05, 4.69) is 25.3 Å². The third-order valence-corrected chi connectivity index (χ3v) is 3.79. The molecule has 96 valence electrons. The van der Waals surface area contributed by atoms with Gasteiger partial charge < -0.3 is 9.67 Å². The van der Waals surface area contributed by atoms with Crippen LogP contribution in [0.3, 0.4) is 0 Å². The second-order valence-corrected chi connectivity index (χ2v) is 5.19. The normalized spacial score (nSPS) is 11.4. The summed E-state index contributed by atoms with van der Waals surface area (Å²) in [7, 11) is 2.04. The van der Waals surface area contributed by atoms with E-state index in [1.165, 1.54) is 5.69 Å². The lowest BCUT2D eigenvalue weighted by molar-refractivity contribution is 0.0697. The molecule has 18 heavy (non-hydrogen) atoms. The fourth-order valence-corrected chi connectivity index (χ4v) is 2.49. The predicted molar refractivity (Wildman–Crippen MR) is 73.4 cm³/mol. The largest absolute Gasteiger partial charge is 0.478 e. The maximum atomic E-state index is 11.2. The third-order valence-electron chi connectivity index (χ3n) is 3.79. The van der Waals surface area contributed by atoms with Crippen molar-refractivity contribution in [2.75, 3.05) is 0 Å². The van der Waals surface area contributed by atoms with Gasteiger partial charge in [-0.2, -0.15) is 0 Å². The molecule has 0 atom stereocenters. The van der Waals surface area contributed by atoms with Crippen LogP contribution in [0.25, 0.3) is 10.9 Å². The molecule has 3 heteroatoms. The Bertz CT molecular complexity index is 636. The Kier molecular flexibility index (Phi) is 2.93. The van der Waals surface area contributed by atoms with Crippen molar-refractivity contribution < 1.29 is 9.90 Å². The van der Waals surface area contributed by atoms with E-state index >= 15 is 0 Å². The van der Waals surface area contributed by atoms with E-state index in [1.54, 1.807) is 12.1 Å². The first-order chi connectivity index (χ1) is 8.34. The molecule has 0 spiro atoms. The molecule has 0 aliphatic heterocycles. The van der Waals surface area contributed by atoms with Crippen LogP contribution in [0, 0.1) is 13.8 Å². The van der Waals surface area contributed by atoms with Crippen molar-refractivity contribution in [3.05, 3.63) is 34.5 Å². The summed E-state index contributed by atoms with van der Waals surface area (Å²) in [5, 5.41) is 10.3. The first-order valence-corrected chi connectivity index (χ1v) is 6.17. The number of hydrogen-bond acceptors (Lipinski definition) is 1. The number of aryl methyl sites for hydroxylation is 2. The summed E-state index contributed by atoms with van der Waals surface area (Å²) in [6, 6.07) is 3.58. The number of nitrogens with zero attached hydrogens (tertiary/aromatic N) is 1. The monoisotopic (exact) mass is 245 g/mol. The van der Waals surface area contributed by atoms with Gasteiger partial charge in [-0.3, -0.25) is 0 Å². The number of benzene rings is 1. The smallest absolute Gasteiger partial charge is 0.335 e. The molecular weight excluding hydrogens is 226 g/mol. The molecule has 3 nitrogen and oxygen atoms in total. The van der Waals surface area contributed by atoms with E-state index in [1.807, 2.05) is 14.0 Å². The van der Waals surface area contributed by atoms with E-state index in [0.717, 1.165) is 22.0 Å². The van der Waals surface area contributed by atoms with Crippen molar-refractivity contribution in [3.8, 4) is 0 Å². The molecule has 1 aromatic heterocycles. The van der Waals surface area contributed by atoms with Crippen LogP contribution in [0.5, 0.6) is 0 Å². The molecule has 1 N–H and O–H groups in total. The fourth-order valence-electron chi connectivity index (χ4n) is 2.49. The highest BCUT2D eigenvalue weighted by atomic mass is 16.4. The Morgan fingerprint density at radius 3 is 2.39 bits per heavy atom. The van der Waals surface area contributed by atoms with Crippen molar-refractivity contribution in [1.29, 1.82) is 0 Å². The van der Waals surface area contributed by atoms with Crippen molar-refractivity contribution in [2.45, 2.75) is 33.6 Å². The van der Waals surface area contributed by atoms with Gasteiger partial charge in [-0.25, -0.2) is 4.79 Å². The minimum atomic E-state index is -0.861. The molecule has 0 unspecified atom stereocenters. The van der Waals surface area contributed by atoms with Crippen LogP contribution < -0.4 is 0 Å². The zero-order valence-electron chi connectivity index (χ0n) is 11.5. The van der Waals surface area contributed by atoms with Crippen LogP contribution in [-0.2, 0) is 7.05 Å². The fraction of sp³-hybridized carbons (Fsp3) is 0.400. The zero-order valence-corrected chi connectivity index (χ0v) is 11.5. The molecule has 2 aromatic rings. The summed E-state index contributed by atoms with van der Waals surface area (Å²) >= 11 is 0. The van der Waals surface area contributed by atoms with Crippen LogP contribution in [0.4, 0.5) is 0 Å². The molecule has 0 amide bonds. The molecule has 0 aliphatic carbocycles. The Morgan fingerprint density at radius 1 is 1.28 bits per heavy atom. The Hall–Kier alpha value is -1.77. The van der Waals surface area contributed by atoms with Gasteiger partial charge in [0.25, 0.3) is 0 Å². The lowest BCUT2D eigenvalue weighted by atomic mass is 9.96. The molecule has 0 aliphatic rings. The highest BCUT2D eigenvalue weighted by molar-refractivity contribution is 5.97. The van der Waals surface area contributed by atoms with Crippen LogP contribution in [0.2, 0.25) is 0 Å². The SMILES string of the molecule is Cc1c(C)n(C)c2c(C(C)C)cc(C(=O)O)cc12. The van der Waals surface area contributed by atoms with Crippen LogP contribution in [-0.4, -0.2) is 15.6 Å². The van der Waals surface area contributed by atoms with Gasteiger partial charge in [0.05, 0.1) is 11.1 Å². The maximum Gasteiger partial charge on any atom is 0.335 e. The first kappa shape index (κ1) is 12.7.